The number of thiazole rings is 1. The molecule has 3 amide bonds. The molecule has 54 heavy (non-hydrogen) atoms. The molecule has 2 heterocycles. The van der Waals surface area contributed by atoms with Crippen LogP contribution in [0.25, 0.3) is 0 Å². The van der Waals surface area contributed by atoms with Crippen LogP contribution in [0.1, 0.15) is 114 Å². The van der Waals surface area contributed by atoms with Crippen molar-refractivity contribution in [1.82, 2.24) is 25.4 Å². The summed E-state index contributed by atoms with van der Waals surface area (Å²) in [7, 11) is 1.71. The Bertz CT molecular complexity index is 1600. The average Bonchev–Trinajstić information content (AvgIpc) is 3.63. The Hall–Kier alpha value is -4.24. The Labute approximate surface area is 323 Å². The number of piperidine rings is 1. The number of nitrogen functional groups attached to an aromatic ring is 1. The van der Waals surface area contributed by atoms with Gasteiger partial charge >= 0.3 is 11.9 Å². The zero-order valence-electron chi connectivity index (χ0n) is 33.0. The first-order chi connectivity index (χ1) is 25.5. The molecule has 0 spiro atoms. The number of nitrogens with two attached hydrogens (primary N) is 1. The number of hydrogen-bond donors (Lipinski definition) is 5. The van der Waals surface area contributed by atoms with Crippen LogP contribution in [0.3, 0.4) is 0 Å². The van der Waals surface area contributed by atoms with Crippen LogP contribution in [0.2, 0.25) is 0 Å². The number of nitrogens with zero attached hydrogens (tertiary/aromatic N) is 3. The molecular formula is C39H60N6O8S. The molecule has 300 valence electrons. The summed E-state index contributed by atoms with van der Waals surface area (Å²) in [6.45, 7) is 14.4. The smallest absolute Gasteiger partial charge is 0.306 e. The summed E-state index contributed by atoms with van der Waals surface area (Å²) in [4.78, 5) is 73.8. The molecule has 0 bridgehead atoms. The first-order valence-corrected chi connectivity index (χ1v) is 19.9. The van der Waals surface area contributed by atoms with Crippen LogP contribution in [-0.4, -0.2) is 99.0 Å². The van der Waals surface area contributed by atoms with Crippen molar-refractivity contribution < 1.29 is 38.9 Å². The van der Waals surface area contributed by atoms with Crippen molar-refractivity contribution in [3.8, 4) is 5.75 Å². The molecule has 0 saturated carbocycles. The SMILES string of the molecule is CC[C@H](C)[C@H](NC(=O)[C@H]1CCCCN1CC)C(=O)N(C)[C@H](C[C@@H](OC(C)=O)c1nc(C(=O)N[C@@H](Cc2ccc(O)c(N)c2)CC(C)C(=O)O)cs1)C(C)C. The molecule has 1 fully saturated rings. The number of benzene rings is 1. The molecule has 2 aromatic rings. The average molecular weight is 773 g/mol. The number of rotatable bonds is 19. The van der Waals surface area contributed by atoms with Gasteiger partial charge in [0.05, 0.1) is 17.6 Å². The van der Waals surface area contributed by atoms with E-state index in [9.17, 15) is 34.2 Å². The lowest BCUT2D eigenvalue weighted by atomic mass is 9.92. The van der Waals surface area contributed by atoms with Gasteiger partial charge in [0.15, 0.2) is 6.10 Å². The van der Waals surface area contributed by atoms with Crippen LogP contribution in [0, 0.1) is 17.8 Å². The molecule has 6 N–H and O–H groups in total. The molecule has 14 nitrogen and oxygen atoms in total. The molecular weight excluding hydrogens is 713 g/mol. The van der Waals surface area contributed by atoms with Gasteiger partial charge in [0.2, 0.25) is 11.8 Å². The topological polar surface area (TPSA) is 204 Å². The maximum absolute atomic E-state index is 14.2. The minimum Gasteiger partial charge on any atom is -0.506 e. The molecule has 1 aromatic carbocycles. The van der Waals surface area contributed by atoms with E-state index in [1.807, 2.05) is 34.6 Å². The van der Waals surface area contributed by atoms with Gasteiger partial charge in [-0.1, -0.05) is 60.5 Å². The van der Waals surface area contributed by atoms with E-state index in [4.69, 9.17) is 10.5 Å². The molecule has 1 saturated heterocycles. The highest BCUT2D eigenvalue weighted by molar-refractivity contribution is 7.09. The number of phenols is 1. The Morgan fingerprint density at radius 1 is 1.09 bits per heavy atom. The van der Waals surface area contributed by atoms with Gasteiger partial charge in [0, 0.05) is 37.9 Å². The maximum atomic E-state index is 14.2. The minimum absolute atomic E-state index is 0.0688. The zero-order valence-corrected chi connectivity index (χ0v) is 33.8. The molecule has 1 aliphatic rings. The number of carboxylic acids is 1. The number of likely N-dealkylation sites (N-methyl/N-ethyl adjacent to an activating group) is 2. The lowest BCUT2D eigenvalue weighted by Gasteiger charge is -2.38. The number of likely N-dealkylation sites (tertiary alicyclic amines) is 1. The normalized spacial score (nSPS) is 18.1. The predicted octanol–water partition coefficient (Wildman–Crippen LogP) is 4.77. The summed E-state index contributed by atoms with van der Waals surface area (Å²) in [6, 6.07) is 2.63. The number of carboxylic acid groups (broad SMARTS) is 1. The van der Waals surface area contributed by atoms with Crippen molar-refractivity contribution in [1.29, 1.82) is 0 Å². The number of amides is 3. The van der Waals surface area contributed by atoms with Crippen molar-refractivity contribution in [3.05, 3.63) is 39.8 Å². The lowest BCUT2D eigenvalue weighted by Crippen LogP contribution is -2.58. The molecule has 1 unspecified atom stereocenters. The Morgan fingerprint density at radius 3 is 2.39 bits per heavy atom. The molecule has 7 atom stereocenters. The maximum Gasteiger partial charge on any atom is 0.306 e. The van der Waals surface area contributed by atoms with Gasteiger partial charge < -0.3 is 36.2 Å². The fraction of sp³-hybridized carbons (Fsp3) is 0.641. The number of aliphatic carboxylic acids is 1. The number of carbonyl (C=O) groups is 5. The van der Waals surface area contributed by atoms with Crippen molar-refractivity contribution in [2.24, 2.45) is 17.8 Å². The molecule has 1 aliphatic heterocycles. The van der Waals surface area contributed by atoms with Crippen LogP contribution in [0.4, 0.5) is 5.69 Å². The second-order valence-electron chi connectivity index (χ2n) is 14.9. The lowest BCUT2D eigenvalue weighted by molar-refractivity contribution is -0.149. The zero-order chi connectivity index (χ0) is 40.3. The fourth-order valence-corrected chi connectivity index (χ4v) is 7.85. The molecule has 1 aromatic heterocycles. The number of phenolic OH excluding ortho intramolecular Hbond substituents is 1. The molecule has 0 aliphatic carbocycles. The number of hydrogen-bond acceptors (Lipinski definition) is 11. The van der Waals surface area contributed by atoms with E-state index in [0.717, 1.165) is 43.7 Å². The predicted molar refractivity (Wildman–Crippen MR) is 208 cm³/mol. The van der Waals surface area contributed by atoms with Crippen molar-refractivity contribution in [2.45, 2.75) is 124 Å². The van der Waals surface area contributed by atoms with Crippen LogP contribution in [0.5, 0.6) is 5.75 Å². The van der Waals surface area contributed by atoms with Gasteiger partial charge in [-0.15, -0.1) is 11.3 Å². The number of nitrogens with one attached hydrogen (secondary N) is 2. The number of anilines is 1. The van der Waals surface area contributed by atoms with E-state index in [-0.39, 0.29) is 66.1 Å². The molecule has 3 rings (SSSR count). The largest absolute Gasteiger partial charge is 0.506 e. The quantitative estimate of drug-likeness (QED) is 0.0748. The first-order valence-electron chi connectivity index (χ1n) is 19.0. The van der Waals surface area contributed by atoms with Crippen LogP contribution >= 0.6 is 11.3 Å². The number of carbonyl (C=O) groups excluding carboxylic acids is 4. The van der Waals surface area contributed by atoms with Crippen molar-refractivity contribution in [2.75, 3.05) is 25.9 Å². The van der Waals surface area contributed by atoms with Crippen LogP contribution in [0.15, 0.2) is 23.6 Å². The number of ether oxygens (including phenoxy) is 1. The first kappa shape index (κ1) is 44.2. The van der Waals surface area contributed by atoms with Gasteiger partial charge in [-0.25, -0.2) is 4.98 Å². The van der Waals surface area contributed by atoms with E-state index in [2.05, 4.69) is 20.5 Å². The van der Waals surface area contributed by atoms with Gasteiger partial charge in [-0.05, 0) is 68.3 Å². The summed E-state index contributed by atoms with van der Waals surface area (Å²) in [6.07, 6.45) is 3.14. The Morgan fingerprint density at radius 2 is 1.80 bits per heavy atom. The monoisotopic (exact) mass is 772 g/mol. The van der Waals surface area contributed by atoms with Gasteiger partial charge in [-0.2, -0.15) is 0 Å². The molecule has 0 radical (unpaired) electrons. The highest BCUT2D eigenvalue weighted by Gasteiger charge is 2.37. The van der Waals surface area contributed by atoms with Crippen LogP contribution < -0.4 is 16.4 Å². The summed E-state index contributed by atoms with van der Waals surface area (Å²) >= 11 is 1.14. The third kappa shape index (κ3) is 12.1. The van der Waals surface area contributed by atoms with Crippen molar-refractivity contribution >= 4 is 46.7 Å². The summed E-state index contributed by atoms with van der Waals surface area (Å²) in [5.41, 5.74) is 6.80. The second-order valence-corrected chi connectivity index (χ2v) is 15.8. The summed E-state index contributed by atoms with van der Waals surface area (Å²) < 4.78 is 5.76. The summed E-state index contributed by atoms with van der Waals surface area (Å²) in [5, 5.41) is 27.3. The van der Waals surface area contributed by atoms with E-state index in [1.54, 1.807) is 36.4 Å². The number of aromatic hydroxyl groups is 1. The van der Waals surface area contributed by atoms with E-state index in [0.29, 0.717) is 17.0 Å². The highest BCUT2D eigenvalue weighted by atomic mass is 32.1. The third-order valence-electron chi connectivity index (χ3n) is 10.5. The van der Waals surface area contributed by atoms with Gasteiger partial charge in [0.1, 0.15) is 22.5 Å². The fourth-order valence-electron chi connectivity index (χ4n) is 7.01. The third-order valence-corrected chi connectivity index (χ3v) is 11.4. The van der Waals surface area contributed by atoms with Crippen LogP contribution in [-0.2, 0) is 30.3 Å². The van der Waals surface area contributed by atoms with Gasteiger partial charge in [-0.3, -0.25) is 28.9 Å². The number of esters is 1. The van der Waals surface area contributed by atoms with Gasteiger partial charge in [0.25, 0.3) is 5.91 Å². The summed E-state index contributed by atoms with van der Waals surface area (Å²) in [5.74, 6) is -3.50. The van der Waals surface area contributed by atoms with E-state index < -0.39 is 48.0 Å². The Balaban J connectivity index is 1.83. The standard InChI is InChI=1S/C39H60N6O8S/c1-9-23(5)34(43-36(49)30-13-11-12-16-45(30)10-2)38(50)44(8)31(22(3)4)20-33(53-25(7)46)37-42-29(21-54-37)35(48)41-27(17-24(6)39(51)52)18-26-14-15-32(47)28(40)19-26/h14-15,19,21-24,27,30-31,33-34,47H,9-13,16-18,20,40H2,1-8H3,(H,41,48)(H,43,49)(H,51,52)/t23-,24?,27+,30+,31+,33+,34-/m0/s1. The van der Waals surface area contributed by atoms with E-state index in [1.165, 1.54) is 13.0 Å². The second kappa shape index (κ2) is 20.4. The van der Waals surface area contributed by atoms with E-state index >= 15 is 0 Å². The minimum atomic E-state index is -1.01. The highest BCUT2D eigenvalue weighted by Crippen LogP contribution is 2.31. The number of aromatic nitrogens is 1. The van der Waals surface area contributed by atoms with Crippen molar-refractivity contribution in [3.63, 3.8) is 0 Å². The Kier molecular flexibility index (Phi) is 16.7. The molecule has 15 heteroatoms.